The molecule has 0 saturated heterocycles. The van der Waals surface area contributed by atoms with Crippen LogP contribution in [0, 0.1) is 5.92 Å². The van der Waals surface area contributed by atoms with Crippen molar-refractivity contribution < 1.29 is 19.1 Å². The number of methoxy groups -OCH3 is 1. The largest absolute Gasteiger partial charge is 0.469 e. The highest BCUT2D eigenvalue weighted by Crippen LogP contribution is 2.16. The first kappa shape index (κ1) is 20.1. The van der Waals surface area contributed by atoms with Crippen molar-refractivity contribution in [3.63, 3.8) is 0 Å². The zero-order valence-corrected chi connectivity index (χ0v) is 15.6. The van der Waals surface area contributed by atoms with Gasteiger partial charge < -0.3 is 15.0 Å². The quantitative estimate of drug-likeness (QED) is 0.758. The Hall–Kier alpha value is -3.22. The number of ether oxygens (including phenoxy) is 1. The van der Waals surface area contributed by atoms with Crippen LogP contribution in [0.5, 0.6) is 0 Å². The Balaban J connectivity index is 2.26. The summed E-state index contributed by atoms with van der Waals surface area (Å²) in [6, 6.07) is 10.4. The second kappa shape index (κ2) is 9.47. The maximum Gasteiger partial charge on any atom is 0.310 e. The molecule has 1 atom stereocenters. The van der Waals surface area contributed by atoms with Crippen LogP contribution < -0.4 is 5.32 Å². The Morgan fingerprint density at radius 2 is 2.00 bits per heavy atom. The van der Waals surface area contributed by atoms with Crippen LogP contribution >= 0.6 is 0 Å². The van der Waals surface area contributed by atoms with E-state index in [1.54, 1.807) is 54.5 Å². The van der Waals surface area contributed by atoms with E-state index in [-0.39, 0.29) is 24.3 Å². The number of anilines is 1. The number of pyridine rings is 1. The molecule has 0 saturated carbocycles. The lowest BCUT2D eigenvalue weighted by atomic mass is 10.1. The first-order valence-corrected chi connectivity index (χ1v) is 8.54. The van der Waals surface area contributed by atoms with Gasteiger partial charge >= 0.3 is 5.97 Å². The molecule has 0 spiro atoms. The number of rotatable bonds is 7. The second-order valence-electron chi connectivity index (χ2n) is 6.23. The molecule has 7 heteroatoms. The van der Waals surface area contributed by atoms with E-state index in [1.165, 1.54) is 14.0 Å². The summed E-state index contributed by atoms with van der Waals surface area (Å²) in [5.74, 6) is -1.33. The molecule has 1 aromatic carbocycles. The average Bonchev–Trinajstić information content (AvgIpc) is 2.66. The summed E-state index contributed by atoms with van der Waals surface area (Å²) in [6.45, 7) is 3.62. The molecule has 2 amide bonds. The normalized spacial score (nSPS) is 11.4. The topological polar surface area (TPSA) is 88.6 Å². The van der Waals surface area contributed by atoms with E-state index in [0.29, 0.717) is 17.8 Å². The summed E-state index contributed by atoms with van der Waals surface area (Å²) in [5.41, 5.74) is 1.80. The fourth-order valence-electron chi connectivity index (χ4n) is 2.65. The minimum Gasteiger partial charge on any atom is -0.469 e. The summed E-state index contributed by atoms with van der Waals surface area (Å²) in [5, 5.41) is 2.66. The number of aromatic nitrogens is 1. The number of carbonyl (C=O) groups is 3. The Labute approximate surface area is 158 Å². The number of amides is 2. The van der Waals surface area contributed by atoms with Gasteiger partial charge in [-0.15, -0.1) is 0 Å². The summed E-state index contributed by atoms with van der Waals surface area (Å²) in [7, 11) is 1.32. The second-order valence-corrected chi connectivity index (χ2v) is 6.23. The van der Waals surface area contributed by atoms with Crippen LogP contribution in [-0.4, -0.2) is 41.3 Å². The molecular weight excluding hydrogens is 346 g/mol. The van der Waals surface area contributed by atoms with E-state index in [2.05, 4.69) is 10.3 Å². The van der Waals surface area contributed by atoms with Gasteiger partial charge in [-0.2, -0.15) is 0 Å². The minimum atomic E-state index is -0.478. The SMILES string of the molecule is COC(=O)C(C)CN(Cc1cccnc1)C(=O)c1cccc(NC(C)=O)c1. The lowest BCUT2D eigenvalue weighted by Gasteiger charge is -2.25. The van der Waals surface area contributed by atoms with Gasteiger partial charge in [0.05, 0.1) is 13.0 Å². The van der Waals surface area contributed by atoms with E-state index in [9.17, 15) is 14.4 Å². The zero-order valence-electron chi connectivity index (χ0n) is 15.6. The standard InChI is InChI=1S/C20H23N3O4/c1-14(20(26)27-3)12-23(13-16-6-5-9-21-11-16)19(25)17-7-4-8-18(10-17)22-15(2)24/h4-11,14H,12-13H2,1-3H3,(H,22,24). The van der Waals surface area contributed by atoms with E-state index in [4.69, 9.17) is 4.74 Å². The summed E-state index contributed by atoms with van der Waals surface area (Å²) >= 11 is 0. The number of hydrogen-bond acceptors (Lipinski definition) is 5. The smallest absolute Gasteiger partial charge is 0.310 e. The number of esters is 1. The van der Waals surface area contributed by atoms with Gasteiger partial charge in [0.15, 0.2) is 0 Å². The Kier molecular flexibility index (Phi) is 7.05. The first-order chi connectivity index (χ1) is 12.9. The van der Waals surface area contributed by atoms with Gasteiger partial charge in [0, 0.05) is 43.7 Å². The third kappa shape index (κ3) is 5.91. The number of carbonyl (C=O) groups excluding carboxylic acids is 3. The van der Waals surface area contributed by atoms with Crippen LogP contribution in [0.25, 0.3) is 0 Å². The van der Waals surface area contributed by atoms with Crippen LogP contribution in [0.2, 0.25) is 0 Å². The van der Waals surface area contributed by atoms with Gasteiger partial charge in [-0.1, -0.05) is 19.1 Å². The summed E-state index contributed by atoms with van der Waals surface area (Å²) < 4.78 is 4.77. The fourth-order valence-corrected chi connectivity index (χ4v) is 2.65. The van der Waals surface area contributed by atoms with E-state index < -0.39 is 5.92 Å². The van der Waals surface area contributed by atoms with E-state index in [1.807, 2.05) is 6.07 Å². The average molecular weight is 369 g/mol. The maximum absolute atomic E-state index is 13.1. The van der Waals surface area contributed by atoms with Crippen LogP contribution in [0.3, 0.4) is 0 Å². The molecule has 142 valence electrons. The molecule has 27 heavy (non-hydrogen) atoms. The Bertz CT molecular complexity index is 808. The van der Waals surface area contributed by atoms with Gasteiger partial charge in [-0.3, -0.25) is 19.4 Å². The monoisotopic (exact) mass is 369 g/mol. The van der Waals surface area contributed by atoms with Crippen molar-refractivity contribution in [1.82, 2.24) is 9.88 Å². The molecule has 7 nitrogen and oxygen atoms in total. The number of hydrogen-bond donors (Lipinski definition) is 1. The van der Waals surface area contributed by atoms with Crippen LogP contribution in [0.4, 0.5) is 5.69 Å². The minimum absolute atomic E-state index is 0.199. The zero-order chi connectivity index (χ0) is 19.8. The molecule has 0 bridgehead atoms. The van der Waals surface area contributed by atoms with Gasteiger partial charge in [-0.25, -0.2) is 0 Å². The molecular formula is C20H23N3O4. The maximum atomic E-state index is 13.1. The van der Waals surface area contributed by atoms with Crippen molar-refractivity contribution in [3.05, 3.63) is 59.9 Å². The lowest BCUT2D eigenvalue weighted by Crippen LogP contribution is -2.37. The first-order valence-electron chi connectivity index (χ1n) is 8.54. The highest BCUT2D eigenvalue weighted by Gasteiger charge is 2.23. The predicted octanol–water partition coefficient (Wildman–Crippen LogP) is 2.49. The van der Waals surface area contributed by atoms with Crippen molar-refractivity contribution in [2.75, 3.05) is 19.0 Å². The molecule has 1 N–H and O–H groups in total. The third-order valence-corrected chi connectivity index (χ3v) is 3.91. The van der Waals surface area contributed by atoms with E-state index in [0.717, 1.165) is 5.56 Å². The van der Waals surface area contributed by atoms with Gasteiger partial charge in [0.2, 0.25) is 5.91 Å². The number of benzene rings is 1. The summed E-state index contributed by atoms with van der Waals surface area (Å²) in [4.78, 5) is 41.8. The Morgan fingerprint density at radius 3 is 2.63 bits per heavy atom. The van der Waals surface area contributed by atoms with Crippen molar-refractivity contribution in [1.29, 1.82) is 0 Å². The van der Waals surface area contributed by atoms with Crippen molar-refractivity contribution >= 4 is 23.5 Å². The molecule has 1 heterocycles. The van der Waals surface area contributed by atoms with Crippen molar-refractivity contribution in [3.8, 4) is 0 Å². The van der Waals surface area contributed by atoms with E-state index >= 15 is 0 Å². The van der Waals surface area contributed by atoms with Crippen LogP contribution in [0.15, 0.2) is 48.8 Å². The number of nitrogens with one attached hydrogen (secondary N) is 1. The van der Waals surface area contributed by atoms with Crippen LogP contribution in [0.1, 0.15) is 29.8 Å². The number of nitrogens with zero attached hydrogens (tertiary/aromatic N) is 2. The van der Waals surface area contributed by atoms with Crippen molar-refractivity contribution in [2.24, 2.45) is 5.92 Å². The molecule has 2 rings (SSSR count). The predicted molar refractivity (Wildman–Crippen MR) is 101 cm³/mol. The molecule has 0 aliphatic rings. The molecule has 0 aliphatic heterocycles. The third-order valence-electron chi connectivity index (χ3n) is 3.91. The highest BCUT2D eigenvalue weighted by molar-refractivity contribution is 5.97. The summed E-state index contributed by atoms with van der Waals surface area (Å²) in [6.07, 6.45) is 3.33. The van der Waals surface area contributed by atoms with Gasteiger partial charge in [0.1, 0.15) is 0 Å². The Morgan fingerprint density at radius 1 is 1.22 bits per heavy atom. The fraction of sp³-hybridized carbons (Fsp3) is 0.300. The molecule has 0 aliphatic carbocycles. The van der Waals surface area contributed by atoms with Crippen LogP contribution in [-0.2, 0) is 20.9 Å². The highest BCUT2D eigenvalue weighted by atomic mass is 16.5. The molecule has 1 unspecified atom stereocenters. The molecule has 0 fully saturated rings. The van der Waals surface area contributed by atoms with Crippen molar-refractivity contribution in [2.45, 2.75) is 20.4 Å². The van der Waals surface area contributed by atoms with Gasteiger partial charge in [-0.05, 0) is 29.8 Å². The molecule has 2 aromatic rings. The van der Waals surface area contributed by atoms with Gasteiger partial charge in [0.25, 0.3) is 5.91 Å². The molecule has 1 aromatic heterocycles. The molecule has 0 radical (unpaired) electrons. The lowest BCUT2D eigenvalue weighted by molar-refractivity contribution is -0.145.